The van der Waals surface area contributed by atoms with Gasteiger partial charge in [0.25, 0.3) is 0 Å². The minimum Gasteiger partial charge on any atom is -0.335 e. The highest BCUT2D eigenvalue weighted by atomic mass is 35.5. The molecule has 2 rings (SSSR count). The van der Waals surface area contributed by atoms with Gasteiger partial charge in [-0.2, -0.15) is 10.5 Å². The molecule has 3 nitrogen and oxygen atoms in total. The van der Waals surface area contributed by atoms with Crippen LogP contribution in [0, 0.1) is 27.3 Å². The van der Waals surface area contributed by atoms with Crippen LogP contribution in [0.25, 0.3) is 11.1 Å². The van der Waals surface area contributed by atoms with Crippen LogP contribution in [0.5, 0.6) is 0 Å². The van der Waals surface area contributed by atoms with Crippen LogP contribution in [0.4, 0.5) is 0 Å². The summed E-state index contributed by atoms with van der Waals surface area (Å²) in [5, 5.41) is 18.5. The number of nitrogens with zero attached hydrogens (tertiary/aromatic N) is 2. The highest BCUT2D eigenvalue weighted by Gasteiger charge is 2.16. The van der Waals surface area contributed by atoms with Gasteiger partial charge < -0.3 is 4.98 Å². The first-order chi connectivity index (χ1) is 8.69. The van der Waals surface area contributed by atoms with Gasteiger partial charge in [0.05, 0.1) is 11.1 Å². The minimum absolute atomic E-state index is 0.153. The summed E-state index contributed by atoms with van der Waals surface area (Å²) in [5.41, 5.74) is 1.71. The van der Waals surface area contributed by atoms with Gasteiger partial charge in [0, 0.05) is 5.56 Å². The topological polar surface area (TPSA) is 63.4 Å². The van der Waals surface area contributed by atoms with Crippen LogP contribution in [0.3, 0.4) is 0 Å². The van der Waals surface area contributed by atoms with Gasteiger partial charge in [-0.05, 0) is 5.56 Å². The number of pyridine rings is 1. The number of hydrogen-bond donors (Lipinski definition) is 1. The van der Waals surface area contributed by atoms with Gasteiger partial charge >= 0.3 is 0 Å². The van der Waals surface area contributed by atoms with Gasteiger partial charge in [-0.3, -0.25) is 0 Å². The van der Waals surface area contributed by atoms with E-state index in [1.165, 1.54) is 0 Å². The molecule has 0 aliphatic rings. The highest BCUT2D eigenvalue weighted by Crippen LogP contribution is 2.31. The molecule has 0 aliphatic heterocycles. The Kier molecular flexibility index (Phi) is 3.43. The monoisotopic (exact) mass is 271 g/mol. The molecule has 0 spiro atoms. The first-order valence-electron chi connectivity index (χ1n) is 5.00. The normalized spacial score (nSPS) is 9.50. The highest BCUT2D eigenvalue weighted by molar-refractivity contribution is 7.71. The van der Waals surface area contributed by atoms with E-state index < -0.39 is 0 Å². The van der Waals surface area contributed by atoms with Crippen molar-refractivity contribution in [2.24, 2.45) is 0 Å². The van der Waals surface area contributed by atoms with Crippen molar-refractivity contribution in [3.05, 3.63) is 51.3 Å². The lowest BCUT2D eigenvalue weighted by Crippen LogP contribution is -1.95. The Labute approximate surface area is 114 Å². The average Bonchev–Trinajstić information content (AvgIpc) is 2.39. The van der Waals surface area contributed by atoms with Crippen molar-refractivity contribution in [2.45, 2.75) is 0 Å². The van der Waals surface area contributed by atoms with Crippen LogP contribution in [-0.4, -0.2) is 4.98 Å². The maximum Gasteiger partial charge on any atom is 0.126 e. The number of halogens is 1. The number of aromatic nitrogens is 1. The lowest BCUT2D eigenvalue weighted by atomic mass is 9.98. The van der Waals surface area contributed by atoms with Crippen LogP contribution >= 0.6 is 23.8 Å². The lowest BCUT2D eigenvalue weighted by Gasteiger charge is -2.08. The Morgan fingerprint density at radius 3 is 2.22 bits per heavy atom. The van der Waals surface area contributed by atoms with Gasteiger partial charge in [-0.25, -0.2) is 0 Å². The molecule has 0 radical (unpaired) electrons. The smallest absolute Gasteiger partial charge is 0.126 e. The molecule has 18 heavy (non-hydrogen) atoms. The Hall–Kier alpha value is -2.14. The number of hydrogen-bond acceptors (Lipinski definition) is 3. The summed E-state index contributed by atoms with van der Waals surface area (Å²) < 4.78 is 0.236. The predicted octanol–water partition coefficient (Wildman–Crippen LogP) is 3.81. The van der Waals surface area contributed by atoms with Crippen LogP contribution in [0.1, 0.15) is 11.1 Å². The standard InChI is InChI=1S/C13H6ClN3S/c14-12-9(6-15)11(8-4-2-1-3-5-8)10(7-16)13(18)17-12/h1-5H,(H,17,18). The van der Waals surface area contributed by atoms with E-state index in [-0.39, 0.29) is 20.9 Å². The summed E-state index contributed by atoms with van der Waals surface area (Å²) >= 11 is 11.0. The zero-order chi connectivity index (χ0) is 13.1. The number of benzene rings is 1. The van der Waals surface area contributed by atoms with Crippen LogP contribution in [0.15, 0.2) is 30.3 Å². The third-order valence-corrected chi connectivity index (χ3v) is 3.05. The number of H-pyrrole nitrogens is 1. The second-order valence-electron chi connectivity index (χ2n) is 3.48. The maximum atomic E-state index is 9.18. The average molecular weight is 272 g/mol. The number of nitrogens with one attached hydrogen (secondary N) is 1. The Bertz CT molecular complexity index is 736. The molecule has 2 aromatic rings. The van der Waals surface area contributed by atoms with Crippen molar-refractivity contribution in [1.29, 1.82) is 10.5 Å². The molecular weight excluding hydrogens is 266 g/mol. The van der Waals surface area contributed by atoms with E-state index in [0.29, 0.717) is 5.56 Å². The summed E-state index contributed by atoms with van der Waals surface area (Å²) in [4.78, 5) is 2.65. The van der Waals surface area contributed by atoms with Gasteiger partial charge in [0.2, 0.25) is 0 Å². The molecule has 0 atom stereocenters. The van der Waals surface area contributed by atoms with E-state index in [1.807, 2.05) is 42.5 Å². The Morgan fingerprint density at radius 1 is 1.06 bits per heavy atom. The fourth-order valence-electron chi connectivity index (χ4n) is 1.68. The zero-order valence-corrected chi connectivity index (χ0v) is 10.6. The van der Waals surface area contributed by atoms with Crippen molar-refractivity contribution in [2.75, 3.05) is 0 Å². The van der Waals surface area contributed by atoms with E-state index in [1.54, 1.807) is 0 Å². The second-order valence-corrected chi connectivity index (χ2v) is 4.27. The number of aromatic amines is 1. The Balaban J connectivity index is 2.94. The van der Waals surface area contributed by atoms with E-state index in [2.05, 4.69) is 4.98 Å². The third kappa shape index (κ3) is 2.00. The van der Waals surface area contributed by atoms with Crippen LogP contribution in [0.2, 0.25) is 5.15 Å². The largest absolute Gasteiger partial charge is 0.335 e. The molecule has 0 saturated heterocycles. The molecule has 1 heterocycles. The minimum atomic E-state index is 0.153. The number of rotatable bonds is 1. The first kappa shape index (κ1) is 12.3. The number of nitriles is 2. The van der Waals surface area contributed by atoms with Crippen molar-refractivity contribution in [3.63, 3.8) is 0 Å². The zero-order valence-electron chi connectivity index (χ0n) is 9.07. The summed E-state index contributed by atoms with van der Waals surface area (Å²) in [6.07, 6.45) is 0. The SMILES string of the molecule is N#Cc1c(Cl)[nH]c(=S)c(C#N)c1-c1ccccc1. The predicted molar refractivity (Wildman–Crippen MR) is 71.5 cm³/mol. The van der Waals surface area contributed by atoms with Gasteiger partial charge in [0.15, 0.2) is 0 Å². The van der Waals surface area contributed by atoms with Crippen LogP contribution in [-0.2, 0) is 0 Å². The van der Waals surface area contributed by atoms with Gasteiger partial charge in [-0.15, -0.1) is 0 Å². The van der Waals surface area contributed by atoms with Gasteiger partial charge in [-0.1, -0.05) is 54.2 Å². The summed E-state index contributed by atoms with van der Waals surface area (Å²) in [5.74, 6) is 0. The Morgan fingerprint density at radius 2 is 1.67 bits per heavy atom. The van der Waals surface area contributed by atoms with Gasteiger partial charge in [0.1, 0.15) is 21.9 Å². The molecule has 1 N–H and O–H groups in total. The fraction of sp³-hybridized carbons (Fsp3) is 0. The molecule has 5 heteroatoms. The van der Waals surface area contributed by atoms with E-state index in [4.69, 9.17) is 23.8 Å². The van der Waals surface area contributed by atoms with Crippen molar-refractivity contribution < 1.29 is 0 Å². The van der Waals surface area contributed by atoms with Crippen molar-refractivity contribution in [1.82, 2.24) is 4.98 Å². The quantitative estimate of drug-likeness (QED) is 0.634. The summed E-state index contributed by atoms with van der Waals surface area (Å²) in [7, 11) is 0. The molecule has 0 bridgehead atoms. The van der Waals surface area contributed by atoms with E-state index >= 15 is 0 Å². The second kappa shape index (κ2) is 5.01. The van der Waals surface area contributed by atoms with Crippen molar-refractivity contribution in [3.8, 4) is 23.3 Å². The summed E-state index contributed by atoms with van der Waals surface area (Å²) in [6, 6.07) is 13.1. The first-order valence-corrected chi connectivity index (χ1v) is 5.79. The molecule has 0 aliphatic carbocycles. The van der Waals surface area contributed by atoms with Crippen LogP contribution < -0.4 is 0 Å². The molecule has 86 valence electrons. The summed E-state index contributed by atoms with van der Waals surface area (Å²) in [6.45, 7) is 0. The molecule has 1 aromatic carbocycles. The molecule has 0 saturated carbocycles. The third-order valence-electron chi connectivity index (χ3n) is 2.46. The van der Waals surface area contributed by atoms with E-state index in [0.717, 1.165) is 5.56 Å². The molecule has 0 fully saturated rings. The molecule has 0 unspecified atom stereocenters. The molecule has 0 amide bonds. The maximum absolute atomic E-state index is 9.18. The lowest BCUT2D eigenvalue weighted by molar-refractivity contribution is 1.25. The molecular formula is C13H6ClN3S. The molecule has 1 aromatic heterocycles. The van der Waals surface area contributed by atoms with Crippen molar-refractivity contribution >= 4 is 23.8 Å². The van der Waals surface area contributed by atoms with E-state index in [9.17, 15) is 10.5 Å². The fourth-order valence-corrected chi connectivity index (χ4v) is 2.22.